The number of pyridine rings is 1. The Morgan fingerprint density at radius 1 is 1.08 bits per heavy atom. The van der Waals surface area contributed by atoms with Crippen molar-refractivity contribution in [3.05, 3.63) is 78.0 Å². The van der Waals surface area contributed by atoms with Gasteiger partial charge in [0.2, 0.25) is 0 Å². The van der Waals surface area contributed by atoms with E-state index in [1.807, 2.05) is 74.5 Å². The lowest BCUT2D eigenvalue weighted by Gasteiger charge is -2.18. The second-order valence-electron chi connectivity index (χ2n) is 9.67. The number of cyclic esters (lactones) is 1. The van der Waals surface area contributed by atoms with E-state index in [4.69, 9.17) is 14.0 Å². The molecule has 1 N–H and O–H groups in total. The topological polar surface area (TPSA) is 107 Å². The number of rotatable bonds is 8. The number of benzene rings is 2. The van der Waals surface area contributed by atoms with Crippen LogP contribution >= 0.6 is 0 Å². The van der Waals surface area contributed by atoms with Gasteiger partial charge in [0.15, 0.2) is 5.76 Å². The Morgan fingerprint density at radius 2 is 1.90 bits per heavy atom. The average Bonchev–Trinajstić information content (AvgIpc) is 3.55. The van der Waals surface area contributed by atoms with Gasteiger partial charge in [0.05, 0.1) is 18.6 Å². The first-order valence-electron chi connectivity index (χ1n) is 13.0. The number of carbonyl (C=O) groups is 2. The van der Waals surface area contributed by atoms with Crippen LogP contribution in [0, 0.1) is 6.92 Å². The number of ether oxygens (including phenoxy) is 2. The number of hydrogen-bond donors (Lipinski definition) is 1. The fourth-order valence-electron chi connectivity index (χ4n) is 4.98. The first-order valence-corrected chi connectivity index (χ1v) is 13.0. The van der Waals surface area contributed by atoms with Crippen LogP contribution in [-0.4, -0.2) is 42.0 Å². The predicted molar refractivity (Wildman–Crippen MR) is 146 cm³/mol. The zero-order chi connectivity index (χ0) is 27.0. The molecule has 1 aliphatic heterocycles. The molecule has 9 heteroatoms. The molecule has 2 aromatic heterocycles. The van der Waals surface area contributed by atoms with E-state index in [2.05, 4.69) is 15.5 Å². The third kappa shape index (κ3) is 4.50. The van der Waals surface area contributed by atoms with Crippen LogP contribution < -0.4 is 10.2 Å². The van der Waals surface area contributed by atoms with Crippen molar-refractivity contribution in [2.24, 2.45) is 0 Å². The quantitative estimate of drug-likeness (QED) is 0.280. The highest BCUT2D eigenvalue weighted by Gasteiger charge is 2.53. The van der Waals surface area contributed by atoms with E-state index >= 15 is 0 Å². The molecule has 9 nitrogen and oxygen atoms in total. The molecule has 1 saturated heterocycles. The molecule has 3 heterocycles. The summed E-state index contributed by atoms with van der Waals surface area (Å²) in [5.41, 5.74) is 4.31. The third-order valence-electron chi connectivity index (χ3n) is 7.21. The largest absolute Gasteiger partial charge is 0.465 e. The number of anilines is 3. The lowest BCUT2D eigenvalue weighted by molar-refractivity contribution is -0.146. The summed E-state index contributed by atoms with van der Waals surface area (Å²) >= 11 is 0. The van der Waals surface area contributed by atoms with Gasteiger partial charge in [-0.25, -0.2) is 9.78 Å². The van der Waals surface area contributed by atoms with Gasteiger partial charge in [-0.05, 0) is 61.6 Å². The van der Waals surface area contributed by atoms with Crippen molar-refractivity contribution in [1.29, 1.82) is 0 Å². The van der Waals surface area contributed by atoms with E-state index in [-0.39, 0.29) is 5.97 Å². The molecule has 198 valence electrons. The monoisotopic (exact) mass is 524 g/mol. The Hall–Kier alpha value is -4.66. The van der Waals surface area contributed by atoms with Gasteiger partial charge in [0.1, 0.15) is 29.6 Å². The predicted octanol–water partition coefficient (Wildman–Crippen LogP) is 6.01. The Balaban J connectivity index is 1.43. The molecule has 4 aromatic rings. The van der Waals surface area contributed by atoms with E-state index in [0.29, 0.717) is 48.5 Å². The molecule has 0 bridgehead atoms. The lowest BCUT2D eigenvalue weighted by Crippen LogP contribution is -2.24. The maximum Gasteiger partial charge on any atom is 0.415 e. The summed E-state index contributed by atoms with van der Waals surface area (Å²) in [5.74, 6) is 1.36. The average molecular weight is 525 g/mol. The SMILES string of the molecule is CCOC(=O)C1(c2ccc(-c3ccccc3)c(-c3onc(C)c3Nc3cccc(N4CCOC4=O)n3)c2)CC1. The van der Waals surface area contributed by atoms with Crippen LogP contribution in [0.15, 0.2) is 71.3 Å². The first-order chi connectivity index (χ1) is 19.0. The lowest BCUT2D eigenvalue weighted by atomic mass is 9.89. The highest BCUT2D eigenvalue weighted by molar-refractivity contribution is 5.92. The maximum atomic E-state index is 12.9. The molecule has 0 spiro atoms. The minimum absolute atomic E-state index is 0.197. The summed E-state index contributed by atoms with van der Waals surface area (Å²) in [5, 5.41) is 7.62. The molecule has 0 atom stereocenters. The second-order valence-corrected chi connectivity index (χ2v) is 9.67. The molecule has 0 radical (unpaired) electrons. The number of hydrogen-bond acceptors (Lipinski definition) is 8. The number of amides is 1. The Kier molecular flexibility index (Phi) is 6.26. The molecular weight excluding hydrogens is 496 g/mol. The van der Waals surface area contributed by atoms with Gasteiger partial charge in [0, 0.05) is 5.56 Å². The number of aryl methyl sites for hydroxylation is 1. The van der Waals surface area contributed by atoms with E-state index in [1.165, 1.54) is 4.90 Å². The second kappa shape index (κ2) is 9.90. The standard InChI is InChI=1S/C30H28N4O5/c1-3-37-28(35)30(14-15-30)21-12-13-22(20-8-5-4-6-9-20)23(18-21)27-26(19(2)33-39-27)32-24-10-7-11-25(31-24)34-16-17-38-29(34)36/h4-13,18H,3,14-17H2,1-2H3,(H,31,32). The van der Waals surface area contributed by atoms with Crippen molar-refractivity contribution in [1.82, 2.24) is 10.1 Å². The zero-order valence-electron chi connectivity index (χ0n) is 21.8. The molecule has 2 aromatic carbocycles. The summed E-state index contributed by atoms with van der Waals surface area (Å²) in [6.45, 7) is 4.79. The number of nitrogens with zero attached hydrogens (tertiary/aromatic N) is 3. The molecule has 1 aliphatic carbocycles. The van der Waals surface area contributed by atoms with Crippen molar-refractivity contribution >= 4 is 29.4 Å². The van der Waals surface area contributed by atoms with Gasteiger partial charge in [-0.2, -0.15) is 0 Å². The summed E-state index contributed by atoms with van der Waals surface area (Å²) in [4.78, 5) is 31.1. The summed E-state index contributed by atoms with van der Waals surface area (Å²) in [6, 6.07) is 21.5. The van der Waals surface area contributed by atoms with Gasteiger partial charge in [-0.15, -0.1) is 0 Å². The van der Waals surface area contributed by atoms with Gasteiger partial charge in [-0.1, -0.05) is 53.7 Å². The molecule has 2 aliphatic rings. The van der Waals surface area contributed by atoms with Gasteiger partial charge in [0.25, 0.3) is 0 Å². The van der Waals surface area contributed by atoms with Gasteiger partial charge in [-0.3, -0.25) is 9.69 Å². The molecule has 6 rings (SSSR count). The highest BCUT2D eigenvalue weighted by atomic mass is 16.6. The van der Waals surface area contributed by atoms with Gasteiger partial charge < -0.3 is 19.3 Å². The van der Waals surface area contributed by atoms with Crippen LogP contribution in [0.5, 0.6) is 0 Å². The maximum absolute atomic E-state index is 12.9. The van der Waals surface area contributed by atoms with Crippen LogP contribution in [0.1, 0.15) is 31.0 Å². The zero-order valence-corrected chi connectivity index (χ0v) is 21.8. The van der Waals surface area contributed by atoms with E-state index in [0.717, 1.165) is 35.1 Å². The van der Waals surface area contributed by atoms with E-state index in [1.54, 1.807) is 6.07 Å². The van der Waals surface area contributed by atoms with Crippen LogP contribution in [0.2, 0.25) is 0 Å². The van der Waals surface area contributed by atoms with Crippen LogP contribution in [0.3, 0.4) is 0 Å². The van der Waals surface area contributed by atoms with Gasteiger partial charge >= 0.3 is 12.1 Å². The van der Waals surface area contributed by atoms with Crippen molar-refractivity contribution in [3.63, 3.8) is 0 Å². The minimum Gasteiger partial charge on any atom is -0.465 e. The fraction of sp³-hybridized carbons (Fsp3) is 0.267. The fourth-order valence-corrected chi connectivity index (χ4v) is 4.98. The highest BCUT2D eigenvalue weighted by Crippen LogP contribution is 2.51. The minimum atomic E-state index is -0.636. The molecule has 2 fully saturated rings. The Morgan fingerprint density at radius 3 is 2.62 bits per heavy atom. The molecule has 39 heavy (non-hydrogen) atoms. The number of nitrogens with one attached hydrogen (secondary N) is 1. The summed E-state index contributed by atoms with van der Waals surface area (Å²) < 4.78 is 16.4. The number of aromatic nitrogens is 2. The molecule has 0 unspecified atom stereocenters. The molecular formula is C30H28N4O5. The number of carbonyl (C=O) groups excluding carboxylic acids is 2. The Bertz CT molecular complexity index is 1540. The summed E-state index contributed by atoms with van der Waals surface area (Å²) in [7, 11) is 0. The third-order valence-corrected chi connectivity index (χ3v) is 7.21. The van der Waals surface area contributed by atoms with Crippen LogP contribution in [0.4, 0.5) is 22.1 Å². The smallest absolute Gasteiger partial charge is 0.415 e. The van der Waals surface area contributed by atoms with Crippen molar-refractivity contribution in [3.8, 4) is 22.5 Å². The first kappa shape index (κ1) is 24.7. The number of esters is 1. The van der Waals surface area contributed by atoms with Crippen LogP contribution in [-0.2, 0) is 19.7 Å². The Labute approximate surface area is 225 Å². The molecule has 1 amide bonds. The van der Waals surface area contributed by atoms with Crippen LogP contribution in [0.25, 0.3) is 22.5 Å². The van der Waals surface area contributed by atoms with E-state index < -0.39 is 11.5 Å². The van der Waals surface area contributed by atoms with E-state index in [9.17, 15) is 9.59 Å². The van der Waals surface area contributed by atoms with Crippen molar-refractivity contribution < 1.29 is 23.6 Å². The van der Waals surface area contributed by atoms with Crippen molar-refractivity contribution in [2.45, 2.75) is 32.1 Å². The molecule has 1 saturated carbocycles. The summed E-state index contributed by atoms with van der Waals surface area (Å²) in [6.07, 6.45) is 1.07. The normalized spacial score (nSPS) is 15.6. The van der Waals surface area contributed by atoms with Crippen molar-refractivity contribution in [2.75, 3.05) is 30.0 Å².